The van der Waals surface area contributed by atoms with Gasteiger partial charge < -0.3 is 46.8 Å². The molecule has 0 aromatic carbocycles. The first kappa shape index (κ1) is 32.9. The highest BCUT2D eigenvalue weighted by atomic mass is 16.4. The standard InChI is InChI=1S/C24H36N6O11/c25-11-17(31)29-9-1-3-15(29)22(38)27-13(5-7-19(33)34)21(37)26-12-18(32)30-10-2-4-16(30)23(39)28-14(24(40)41)6-8-20(35)36/h13-16H,1-12,25H2,(H,26,37)(H,27,38)(H,28,39)(H,33,34)(H,35,36)(H,40,41)/t13-,14-,15-,16-/m0/s1. The molecule has 0 radical (unpaired) electrons. The summed E-state index contributed by atoms with van der Waals surface area (Å²) in [6.45, 7) is -0.439. The van der Waals surface area contributed by atoms with E-state index in [9.17, 15) is 43.5 Å². The Labute approximate surface area is 234 Å². The third kappa shape index (κ3) is 9.70. The van der Waals surface area contributed by atoms with Crippen LogP contribution in [0.2, 0.25) is 0 Å². The van der Waals surface area contributed by atoms with Gasteiger partial charge in [-0.15, -0.1) is 0 Å². The van der Waals surface area contributed by atoms with E-state index in [1.165, 1.54) is 4.90 Å². The lowest BCUT2D eigenvalue weighted by Crippen LogP contribution is -2.55. The average Bonchev–Trinajstić information content (AvgIpc) is 3.61. The van der Waals surface area contributed by atoms with Gasteiger partial charge in [-0.2, -0.15) is 0 Å². The monoisotopic (exact) mass is 584 g/mol. The molecule has 0 saturated carbocycles. The summed E-state index contributed by atoms with van der Waals surface area (Å²) in [6, 6.07) is -4.71. The van der Waals surface area contributed by atoms with Crippen LogP contribution in [-0.2, 0) is 38.4 Å². The maximum absolute atomic E-state index is 12.9. The number of rotatable bonds is 15. The van der Waals surface area contributed by atoms with E-state index in [-0.39, 0.29) is 32.4 Å². The topological polar surface area (TPSA) is 266 Å². The minimum absolute atomic E-state index is 0.144. The molecule has 0 unspecified atom stereocenters. The first-order valence-electron chi connectivity index (χ1n) is 13.2. The van der Waals surface area contributed by atoms with Crippen LogP contribution in [0.4, 0.5) is 0 Å². The second-order valence-corrected chi connectivity index (χ2v) is 9.74. The number of amides is 5. The van der Waals surface area contributed by atoms with Crippen molar-refractivity contribution < 1.29 is 53.7 Å². The second kappa shape index (κ2) is 15.5. The highest BCUT2D eigenvalue weighted by Gasteiger charge is 2.37. The summed E-state index contributed by atoms with van der Waals surface area (Å²) >= 11 is 0. The van der Waals surface area contributed by atoms with E-state index in [0.717, 1.165) is 4.90 Å². The summed E-state index contributed by atoms with van der Waals surface area (Å²) in [6.07, 6.45) is -0.0884. The predicted octanol–water partition coefficient (Wildman–Crippen LogP) is -3.17. The van der Waals surface area contributed by atoms with Crippen molar-refractivity contribution in [3.8, 4) is 0 Å². The van der Waals surface area contributed by atoms with Gasteiger partial charge in [0, 0.05) is 25.9 Å². The van der Waals surface area contributed by atoms with E-state index in [1.54, 1.807) is 0 Å². The normalized spacial score (nSPS) is 19.6. The van der Waals surface area contributed by atoms with Gasteiger partial charge in [0.1, 0.15) is 24.2 Å². The van der Waals surface area contributed by atoms with Crippen molar-refractivity contribution in [2.45, 2.75) is 75.5 Å². The Morgan fingerprint density at radius 3 is 1.66 bits per heavy atom. The predicted molar refractivity (Wildman–Crippen MR) is 137 cm³/mol. The summed E-state index contributed by atoms with van der Waals surface area (Å²) in [7, 11) is 0. The fraction of sp³-hybridized carbons (Fsp3) is 0.667. The third-order valence-electron chi connectivity index (χ3n) is 6.88. The number of carbonyl (C=O) groups is 8. The number of likely N-dealkylation sites (tertiary alicyclic amines) is 2. The quantitative estimate of drug-likeness (QED) is 0.100. The van der Waals surface area contributed by atoms with Gasteiger partial charge in [-0.25, -0.2) is 4.79 Å². The largest absolute Gasteiger partial charge is 0.481 e. The molecule has 0 aromatic rings. The van der Waals surface area contributed by atoms with E-state index in [2.05, 4.69) is 16.0 Å². The summed E-state index contributed by atoms with van der Waals surface area (Å²) in [5.74, 6) is -7.28. The van der Waals surface area contributed by atoms with Crippen molar-refractivity contribution in [3.63, 3.8) is 0 Å². The lowest BCUT2D eigenvalue weighted by molar-refractivity contribution is -0.145. The van der Waals surface area contributed by atoms with E-state index in [0.29, 0.717) is 25.8 Å². The van der Waals surface area contributed by atoms with E-state index in [4.69, 9.17) is 15.9 Å². The van der Waals surface area contributed by atoms with Crippen LogP contribution in [0, 0.1) is 0 Å². The number of aliphatic carboxylic acids is 3. The zero-order valence-corrected chi connectivity index (χ0v) is 22.4. The number of nitrogens with zero attached hydrogens (tertiary/aromatic N) is 2. The lowest BCUT2D eigenvalue weighted by Gasteiger charge is -2.27. The van der Waals surface area contributed by atoms with Crippen molar-refractivity contribution in [1.29, 1.82) is 0 Å². The lowest BCUT2D eigenvalue weighted by atomic mass is 10.1. The van der Waals surface area contributed by atoms with Gasteiger partial charge in [0.05, 0.1) is 13.1 Å². The van der Waals surface area contributed by atoms with E-state index >= 15 is 0 Å². The molecule has 0 aromatic heterocycles. The molecule has 0 spiro atoms. The number of nitrogens with one attached hydrogen (secondary N) is 3. The van der Waals surface area contributed by atoms with Gasteiger partial charge in [-0.05, 0) is 38.5 Å². The van der Waals surface area contributed by atoms with E-state index in [1.807, 2.05) is 0 Å². The van der Waals surface area contributed by atoms with Gasteiger partial charge >= 0.3 is 17.9 Å². The Morgan fingerprint density at radius 1 is 0.732 bits per heavy atom. The number of hydrogen-bond donors (Lipinski definition) is 7. The maximum atomic E-state index is 12.9. The highest BCUT2D eigenvalue weighted by molar-refractivity contribution is 5.95. The van der Waals surface area contributed by atoms with Crippen LogP contribution in [0.3, 0.4) is 0 Å². The highest BCUT2D eigenvalue weighted by Crippen LogP contribution is 2.19. The number of nitrogens with two attached hydrogens (primary N) is 1. The average molecular weight is 585 g/mol. The number of carboxylic acid groups (broad SMARTS) is 3. The first-order chi connectivity index (χ1) is 19.3. The van der Waals surface area contributed by atoms with Crippen LogP contribution in [-0.4, -0.2) is 123 Å². The zero-order valence-electron chi connectivity index (χ0n) is 22.4. The van der Waals surface area contributed by atoms with Crippen molar-refractivity contribution in [1.82, 2.24) is 25.8 Å². The molecule has 17 heteroatoms. The Kier molecular flexibility index (Phi) is 12.4. The second-order valence-electron chi connectivity index (χ2n) is 9.74. The molecule has 41 heavy (non-hydrogen) atoms. The van der Waals surface area contributed by atoms with Gasteiger partial charge in [-0.3, -0.25) is 33.6 Å². The third-order valence-corrected chi connectivity index (χ3v) is 6.88. The van der Waals surface area contributed by atoms with Gasteiger partial charge in [0.15, 0.2) is 0 Å². The number of hydrogen-bond acceptors (Lipinski definition) is 9. The number of carboxylic acids is 3. The smallest absolute Gasteiger partial charge is 0.326 e. The molecule has 5 amide bonds. The molecule has 2 heterocycles. The van der Waals surface area contributed by atoms with Crippen LogP contribution >= 0.6 is 0 Å². The molecule has 2 aliphatic heterocycles. The Balaban J connectivity index is 2.01. The minimum Gasteiger partial charge on any atom is -0.481 e. The molecule has 4 atom stereocenters. The van der Waals surface area contributed by atoms with Crippen LogP contribution in [0.15, 0.2) is 0 Å². The SMILES string of the molecule is NCC(=O)N1CCC[C@H]1C(=O)N[C@@H](CCC(=O)O)C(=O)NCC(=O)N1CCC[C@H]1C(=O)N[C@@H](CCC(=O)O)C(=O)O. The molecular formula is C24H36N6O11. The molecule has 2 fully saturated rings. The van der Waals surface area contributed by atoms with Crippen LogP contribution in [0.1, 0.15) is 51.4 Å². The summed E-state index contributed by atoms with van der Waals surface area (Å²) in [5, 5.41) is 34.2. The van der Waals surface area contributed by atoms with E-state index < -0.39 is 91.0 Å². The maximum Gasteiger partial charge on any atom is 0.326 e. The molecule has 2 rings (SSSR count). The Morgan fingerprint density at radius 2 is 1.20 bits per heavy atom. The first-order valence-corrected chi connectivity index (χ1v) is 13.2. The van der Waals surface area contributed by atoms with Crippen molar-refractivity contribution >= 4 is 47.4 Å². The van der Waals surface area contributed by atoms with Gasteiger partial charge in [0.25, 0.3) is 0 Å². The summed E-state index contributed by atoms with van der Waals surface area (Å²) in [4.78, 5) is 99.1. The molecule has 228 valence electrons. The molecule has 2 aliphatic rings. The van der Waals surface area contributed by atoms with Crippen LogP contribution in [0.25, 0.3) is 0 Å². The summed E-state index contributed by atoms with van der Waals surface area (Å²) in [5.41, 5.74) is 5.39. The van der Waals surface area contributed by atoms with Gasteiger partial charge in [0.2, 0.25) is 29.5 Å². The molecular weight excluding hydrogens is 548 g/mol. The van der Waals surface area contributed by atoms with Crippen LogP contribution < -0.4 is 21.7 Å². The molecule has 8 N–H and O–H groups in total. The fourth-order valence-electron chi connectivity index (χ4n) is 4.78. The van der Waals surface area contributed by atoms with Crippen molar-refractivity contribution in [2.24, 2.45) is 5.73 Å². The summed E-state index contributed by atoms with van der Waals surface area (Å²) < 4.78 is 0. The van der Waals surface area contributed by atoms with Crippen LogP contribution in [0.5, 0.6) is 0 Å². The zero-order chi connectivity index (χ0) is 30.7. The number of carbonyl (C=O) groups excluding carboxylic acids is 5. The minimum atomic E-state index is -1.47. The Bertz CT molecular complexity index is 1050. The molecule has 17 nitrogen and oxygen atoms in total. The van der Waals surface area contributed by atoms with Gasteiger partial charge in [-0.1, -0.05) is 0 Å². The van der Waals surface area contributed by atoms with Crippen molar-refractivity contribution in [3.05, 3.63) is 0 Å². The fourth-order valence-corrected chi connectivity index (χ4v) is 4.78. The molecule has 0 bridgehead atoms. The Hall–Kier alpha value is -4.28. The molecule has 0 aliphatic carbocycles. The molecule has 2 saturated heterocycles. The van der Waals surface area contributed by atoms with Crippen molar-refractivity contribution in [2.75, 3.05) is 26.2 Å².